The van der Waals surface area contributed by atoms with Crippen LogP contribution in [0.5, 0.6) is 0 Å². The van der Waals surface area contributed by atoms with Gasteiger partial charge >= 0.3 is 0 Å². The lowest BCUT2D eigenvalue weighted by atomic mass is 9.86. The van der Waals surface area contributed by atoms with E-state index in [4.69, 9.17) is 0 Å². The van der Waals surface area contributed by atoms with Gasteiger partial charge in [-0.1, -0.05) is 78.3 Å². The summed E-state index contributed by atoms with van der Waals surface area (Å²) in [7, 11) is 0. The molecule has 0 saturated carbocycles. The van der Waals surface area contributed by atoms with Gasteiger partial charge in [0.15, 0.2) is 11.6 Å². The SMILES string of the molecule is CCC(C)C(NC(=O)C(CCSC)CC(C)=O)C(=O)CC(Cc1ccccc1)C(=O)NC(CC(C)C)C(=O)C(C)C. The van der Waals surface area contributed by atoms with Crippen LogP contribution < -0.4 is 10.6 Å². The molecule has 0 aliphatic carbocycles. The summed E-state index contributed by atoms with van der Waals surface area (Å²) in [5.41, 5.74) is 0.916. The summed E-state index contributed by atoms with van der Waals surface area (Å²) in [6.45, 7) is 13.0. The van der Waals surface area contributed by atoms with Crippen molar-refractivity contribution in [3.63, 3.8) is 0 Å². The minimum atomic E-state index is -0.772. The molecule has 1 rings (SSSR count). The predicted molar refractivity (Wildman–Crippen MR) is 168 cm³/mol. The summed E-state index contributed by atoms with van der Waals surface area (Å²) in [5.74, 6) is -1.57. The molecule has 0 aliphatic heterocycles. The highest BCUT2D eigenvalue weighted by atomic mass is 32.2. The fourth-order valence-electron chi connectivity index (χ4n) is 4.92. The van der Waals surface area contributed by atoms with Gasteiger partial charge in [0.05, 0.1) is 12.1 Å². The van der Waals surface area contributed by atoms with Gasteiger partial charge in [0, 0.05) is 30.6 Å². The maximum absolute atomic E-state index is 13.8. The minimum Gasteiger partial charge on any atom is -0.346 e. The van der Waals surface area contributed by atoms with E-state index in [1.165, 1.54) is 6.92 Å². The van der Waals surface area contributed by atoms with E-state index in [9.17, 15) is 24.0 Å². The number of ketones is 3. The first-order chi connectivity index (χ1) is 19.3. The molecular weight excluding hydrogens is 536 g/mol. The molecule has 0 bridgehead atoms. The zero-order valence-corrected chi connectivity index (χ0v) is 27.1. The first-order valence-electron chi connectivity index (χ1n) is 15.0. The number of thioether (sulfide) groups is 1. The van der Waals surface area contributed by atoms with E-state index in [-0.39, 0.29) is 59.8 Å². The summed E-state index contributed by atoms with van der Waals surface area (Å²) in [4.78, 5) is 65.6. The van der Waals surface area contributed by atoms with Crippen LogP contribution in [0.2, 0.25) is 0 Å². The van der Waals surface area contributed by atoms with Crippen LogP contribution in [-0.4, -0.2) is 53.3 Å². The third-order valence-electron chi connectivity index (χ3n) is 7.51. The Morgan fingerprint density at radius 2 is 1.46 bits per heavy atom. The molecule has 41 heavy (non-hydrogen) atoms. The Labute approximate surface area is 251 Å². The second-order valence-electron chi connectivity index (χ2n) is 12.1. The van der Waals surface area contributed by atoms with Crippen LogP contribution in [0.3, 0.4) is 0 Å². The molecule has 0 heterocycles. The van der Waals surface area contributed by atoms with E-state index in [1.54, 1.807) is 11.8 Å². The number of carbonyl (C=O) groups is 5. The third-order valence-corrected chi connectivity index (χ3v) is 8.16. The molecule has 0 spiro atoms. The van der Waals surface area contributed by atoms with E-state index in [1.807, 2.05) is 78.1 Å². The molecular formula is C33H52N2O5S. The van der Waals surface area contributed by atoms with E-state index < -0.39 is 23.9 Å². The minimum absolute atomic E-state index is 0.0247. The van der Waals surface area contributed by atoms with E-state index in [0.29, 0.717) is 25.7 Å². The number of nitrogens with one attached hydrogen (secondary N) is 2. The van der Waals surface area contributed by atoms with Gasteiger partial charge in [-0.3, -0.25) is 19.2 Å². The normalized spacial score (nSPS) is 15.1. The lowest BCUT2D eigenvalue weighted by Gasteiger charge is -2.28. The van der Waals surface area contributed by atoms with E-state index in [2.05, 4.69) is 10.6 Å². The van der Waals surface area contributed by atoms with Crippen molar-refractivity contribution in [2.45, 2.75) is 99.1 Å². The second-order valence-corrected chi connectivity index (χ2v) is 13.0. The molecule has 5 atom stereocenters. The predicted octanol–water partition coefficient (Wildman–Crippen LogP) is 5.44. The topological polar surface area (TPSA) is 109 Å². The molecule has 2 amide bonds. The van der Waals surface area contributed by atoms with Crippen LogP contribution in [-0.2, 0) is 30.4 Å². The molecule has 0 aliphatic rings. The van der Waals surface area contributed by atoms with Crippen molar-refractivity contribution in [2.75, 3.05) is 12.0 Å². The van der Waals surface area contributed by atoms with Crippen molar-refractivity contribution in [2.24, 2.45) is 29.6 Å². The number of carbonyl (C=O) groups excluding carboxylic acids is 5. The Balaban J connectivity index is 3.26. The van der Waals surface area contributed by atoms with Gasteiger partial charge < -0.3 is 15.4 Å². The van der Waals surface area contributed by atoms with Gasteiger partial charge in [0.25, 0.3) is 0 Å². The monoisotopic (exact) mass is 588 g/mol. The Hall–Kier alpha value is -2.48. The number of hydrogen-bond donors (Lipinski definition) is 2. The molecule has 1 aromatic rings. The Morgan fingerprint density at radius 3 is 1.98 bits per heavy atom. The molecule has 230 valence electrons. The number of hydrogen-bond acceptors (Lipinski definition) is 6. The van der Waals surface area contributed by atoms with Crippen LogP contribution in [0.15, 0.2) is 30.3 Å². The van der Waals surface area contributed by atoms with Crippen molar-refractivity contribution in [3.8, 4) is 0 Å². The quantitative estimate of drug-likeness (QED) is 0.210. The van der Waals surface area contributed by atoms with Crippen molar-refractivity contribution >= 4 is 40.9 Å². The third kappa shape index (κ3) is 13.4. The number of rotatable bonds is 20. The summed E-state index contributed by atoms with van der Waals surface area (Å²) in [5, 5.41) is 5.93. The Morgan fingerprint density at radius 1 is 0.854 bits per heavy atom. The Bertz CT molecular complexity index is 995. The zero-order chi connectivity index (χ0) is 31.1. The fraction of sp³-hybridized carbons (Fsp3) is 0.667. The average Bonchev–Trinajstić information content (AvgIpc) is 2.92. The summed E-state index contributed by atoms with van der Waals surface area (Å²) in [6, 6.07) is 8.12. The van der Waals surface area contributed by atoms with E-state index in [0.717, 1.165) is 11.3 Å². The highest BCUT2D eigenvalue weighted by Gasteiger charge is 2.34. The summed E-state index contributed by atoms with van der Waals surface area (Å²) < 4.78 is 0. The highest BCUT2D eigenvalue weighted by Crippen LogP contribution is 2.21. The number of amides is 2. The molecule has 0 radical (unpaired) electrons. The van der Waals surface area contributed by atoms with E-state index >= 15 is 0 Å². The van der Waals surface area contributed by atoms with Gasteiger partial charge in [-0.2, -0.15) is 11.8 Å². The largest absolute Gasteiger partial charge is 0.346 e. The van der Waals surface area contributed by atoms with Gasteiger partial charge in [-0.15, -0.1) is 0 Å². The lowest BCUT2D eigenvalue weighted by molar-refractivity contribution is -0.135. The van der Waals surface area contributed by atoms with Gasteiger partial charge in [0.2, 0.25) is 11.8 Å². The molecule has 0 aromatic heterocycles. The zero-order valence-electron chi connectivity index (χ0n) is 26.3. The van der Waals surface area contributed by atoms with Crippen LogP contribution in [0.1, 0.15) is 86.1 Å². The van der Waals surface area contributed by atoms with Crippen LogP contribution in [0.4, 0.5) is 0 Å². The summed E-state index contributed by atoms with van der Waals surface area (Å²) >= 11 is 1.61. The van der Waals surface area contributed by atoms with Gasteiger partial charge in [-0.05, 0) is 55.6 Å². The number of Topliss-reactive ketones (excluding diaryl/α,β-unsaturated/α-hetero) is 3. The number of benzene rings is 1. The van der Waals surface area contributed by atoms with Crippen LogP contribution in [0.25, 0.3) is 0 Å². The first-order valence-corrected chi connectivity index (χ1v) is 16.4. The molecule has 0 saturated heterocycles. The molecule has 7 nitrogen and oxygen atoms in total. The first kappa shape index (κ1) is 36.5. The molecule has 1 aromatic carbocycles. The van der Waals surface area contributed by atoms with Crippen LogP contribution >= 0.6 is 11.8 Å². The molecule has 8 heteroatoms. The van der Waals surface area contributed by atoms with Crippen molar-refractivity contribution < 1.29 is 24.0 Å². The molecule has 0 fully saturated rings. The van der Waals surface area contributed by atoms with Crippen molar-refractivity contribution in [1.82, 2.24) is 10.6 Å². The maximum Gasteiger partial charge on any atom is 0.224 e. The lowest BCUT2D eigenvalue weighted by Crippen LogP contribution is -2.50. The molecule has 5 unspecified atom stereocenters. The van der Waals surface area contributed by atoms with Crippen molar-refractivity contribution in [3.05, 3.63) is 35.9 Å². The van der Waals surface area contributed by atoms with Crippen molar-refractivity contribution in [1.29, 1.82) is 0 Å². The van der Waals surface area contributed by atoms with Gasteiger partial charge in [-0.25, -0.2) is 0 Å². The average molecular weight is 589 g/mol. The maximum atomic E-state index is 13.8. The molecule has 2 N–H and O–H groups in total. The van der Waals surface area contributed by atoms with Gasteiger partial charge in [0.1, 0.15) is 5.78 Å². The smallest absolute Gasteiger partial charge is 0.224 e. The fourth-order valence-corrected chi connectivity index (χ4v) is 5.44. The van der Waals surface area contributed by atoms with Crippen LogP contribution in [0, 0.1) is 29.6 Å². The second kappa shape index (κ2) is 18.9. The Kier molecular flexibility index (Phi) is 16.8. The summed E-state index contributed by atoms with van der Waals surface area (Å²) in [6.07, 6.45) is 4.09. The standard InChI is InChI=1S/C33H52N2O5S/c1-9-23(6)30(35-32(39)26(15-16-41-8)18-24(7)36)29(37)20-27(19-25-13-11-10-12-14-25)33(40)34-28(17-21(2)3)31(38)22(4)5/h10-14,21-23,26-28,30H,9,15-20H2,1-8H3,(H,34,40)(H,35,39). The highest BCUT2D eigenvalue weighted by molar-refractivity contribution is 7.98.